The highest BCUT2D eigenvalue weighted by atomic mass is 35.5. The monoisotopic (exact) mass is 614 g/mol. The summed E-state index contributed by atoms with van der Waals surface area (Å²) in [5, 5.41) is 13.2. The molecule has 3 aliphatic carbocycles. The van der Waals surface area contributed by atoms with E-state index >= 15 is 0 Å². The summed E-state index contributed by atoms with van der Waals surface area (Å²) < 4.78 is 44.2. The minimum Gasteiger partial charge on any atom is -0.481 e. The van der Waals surface area contributed by atoms with Crippen molar-refractivity contribution in [3.8, 4) is 0 Å². The van der Waals surface area contributed by atoms with Gasteiger partial charge in [-0.2, -0.15) is 18.3 Å². The van der Waals surface area contributed by atoms with Crippen LogP contribution in [0.5, 0.6) is 0 Å². The van der Waals surface area contributed by atoms with Crippen molar-refractivity contribution in [1.29, 1.82) is 0 Å². The third-order valence-corrected chi connectivity index (χ3v) is 9.61. The van der Waals surface area contributed by atoms with Crippen molar-refractivity contribution in [3.05, 3.63) is 45.5 Å². The summed E-state index contributed by atoms with van der Waals surface area (Å²) in [6.07, 6.45) is 5.35. The van der Waals surface area contributed by atoms with Crippen molar-refractivity contribution in [3.63, 3.8) is 0 Å². The number of hydrogen-bond acceptors (Lipinski definition) is 5. The molecule has 3 fully saturated rings. The number of carbonyl (C=O) groups is 3. The smallest absolute Gasteiger partial charge is 0.433 e. The van der Waals surface area contributed by atoms with Gasteiger partial charge in [0.25, 0.3) is 5.91 Å². The van der Waals surface area contributed by atoms with Gasteiger partial charge < -0.3 is 10.0 Å². The highest BCUT2D eigenvalue weighted by Gasteiger charge is 2.46. The summed E-state index contributed by atoms with van der Waals surface area (Å²) in [7, 11) is 0. The van der Waals surface area contributed by atoms with Crippen LogP contribution in [0.15, 0.2) is 18.6 Å². The van der Waals surface area contributed by atoms with E-state index in [-0.39, 0.29) is 53.8 Å². The van der Waals surface area contributed by atoms with E-state index in [4.69, 9.17) is 23.2 Å². The molecule has 5 rings (SSSR count). The Bertz CT molecular complexity index is 1310. The molecule has 0 bridgehead atoms. The molecule has 2 aromatic heterocycles. The fourth-order valence-corrected chi connectivity index (χ4v) is 7.00. The van der Waals surface area contributed by atoms with E-state index in [2.05, 4.69) is 10.1 Å². The van der Waals surface area contributed by atoms with Crippen molar-refractivity contribution in [2.75, 3.05) is 13.1 Å². The molecule has 0 radical (unpaired) electrons. The Morgan fingerprint density at radius 2 is 1.59 bits per heavy atom. The number of nitrogens with zero attached hydrogens (tertiary/aromatic N) is 4. The molecule has 222 valence electrons. The molecule has 41 heavy (non-hydrogen) atoms. The quantitative estimate of drug-likeness (QED) is 0.331. The van der Waals surface area contributed by atoms with Crippen LogP contribution >= 0.6 is 23.2 Å². The van der Waals surface area contributed by atoms with Gasteiger partial charge in [0.15, 0.2) is 11.5 Å². The lowest BCUT2D eigenvalue weighted by Gasteiger charge is -2.33. The molecule has 8 nitrogen and oxygen atoms in total. The van der Waals surface area contributed by atoms with Crippen molar-refractivity contribution >= 4 is 40.9 Å². The number of hydrogen-bond donors (Lipinski definition) is 1. The summed E-state index contributed by atoms with van der Waals surface area (Å²) >= 11 is 12.3. The van der Waals surface area contributed by atoms with Crippen molar-refractivity contribution in [1.82, 2.24) is 19.7 Å². The first kappa shape index (κ1) is 29.8. The predicted octanol–water partition coefficient (Wildman–Crippen LogP) is 6.72. The number of aliphatic carboxylic acids is 1. The van der Waals surface area contributed by atoms with E-state index in [9.17, 15) is 32.7 Å². The molecule has 13 heteroatoms. The third kappa shape index (κ3) is 6.40. The zero-order valence-electron chi connectivity index (χ0n) is 22.3. The Hall–Kier alpha value is -2.66. The van der Waals surface area contributed by atoms with Gasteiger partial charge >= 0.3 is 12.1 Å². The van der Waals surface area contributed by atoms with Crippen LogP contribution in [0.1, 0.15) is 96.7 Å². The van der Waals surface area contributed by atoms with Crippen LogP contribution in [0.2, 0.25) is 10.0 Å². The van der Waals surface area contributed by atoms with Crippen LogP contribution < -0.4 is 0 Å². The molecule has 0 unspecified atom stereocenters. The highest BCUT2D eigenvalue weighted by molar-refractivity contribution is 6.39. The maximum Gasteiger partial charge on any atom is 0.433 e. The van der Waals surface area contributed by atoms with Gasteiger partial charge in [-0.05, 0) is 75.5 Å². The number of halogens is 5. The molecule has 2 heterocycles. The fourth-order valence-electron chi connectivity index (χ4n) is 6.43. The number of carboxylic acids is 1. The van der Waals surface area contributed by atoms with Crippen LogP contribution in [-0.2, 0) is 11.0 Å². The molecular weight excluding hydrogens is 584 g/mol. The summed E-state index contributed by atoms with van der Waals surface area (Å²) in [5.74, 6) is -3.09. The minimum absolute atomic E-state index is 0.0102. The Labute approximate surface area is 245 Å². The fraction of sp³-hybridized carbons (Fsp3) is 0.607. The standard InChI is InChI=1S/C28H31Cl2F3N4O4/c29-20-12-34-13-21(30)23(20)22(38)15-36(14-16-5-7-27(8-6-16)9-10-27)25(39)19-11-35-37(24(19)28(31,32)33)18-3-1-17(2-4-18)26(40)41/h11-13,16-18H,1-10,14-15H2,(H,40,41)/t17-,18-. The maximum atomic E-state index is 14.5. The SMILES string of the molecule is O=C(CN(CC1CCC2(CC1)CC2)C(=O)c1cnn([C@H]2CC[C@H](C(=O)O)CC2)c1C(F)(F)F)c1c(Cl)cncc1Cl. The van der Waals surface area contributed by atoms with Gasteiger partial charge in [-0.3, -0.25) is 24.0 Å². The molecule has 3 saturated carbocycles. The summed E-state index contributed by atoms with van der Waals surface area (Å²) in [6.45, 7) is -0.386. The molecule has 1 N–H and O–H groups in total. The number of amides is 1. The van der Waals surface area contributed by atoms with E-state index in [0.29, 0.717) is 5.41 Å². The average Bonchev–Trinajstić information content (AvgIpc) is 3.51. The van der Waals surface area contributed by atoms with Gasteiger partial charge in [-0.1, -0.05) is 23.2 Å². The normalized spacial score (nSPS) is 22.5. The van der Waals surface area contributed by atoms with Gasteiger partial charge in [0.2, 0.25) is 0 Å². The number of pyridine rings is 1. The lowest BCUT2D eigenvalue weighted by Crippen LogP contribution is -2.41. The van der Waals surface area contributed by atoms with Gasteiger partial charge in [0, 0.05) is 18.9 Å². The minimum atomic E-state index is -4.90. The summed E-state index contributed by atoms with van der Waals surface area (Å²) in [5.41, 5.74) is -1.47. The Balaban J connectivity index is 1.43. The number of carboxylic acid groups (broad SMARTS) is 1. The van der Waals surface area contributed by atoms with E-state index in [1.165, 1.54) is 30.1 Å². The van der Waals surface area contributed by atoms with Gasteiger partial charge in [-0.15, -0.1) is 0 Å². The molecule has 0 saturated heterocycles. The molecule has 0 aliphatic heterocycles. The van der Waals surface area contributed by atoms with Crippen LogP contribution in [0.4, 0.5) is 13.2 Å². The molecule has 0 atom stereocenters. The number of ketones is 1. The van der Waals surface area contributed by atoms with E-state index in [0.717, 1.165) is 36.6 Å². The van der Waals surface area contributed by atoms with Crippen LogP contribution in [0.3, 0.4) is 0 Å². The van der Waals surface area contributed by atoms with Crippen LogP contribution in [-0.4, -0.2) is 55.5 Å². The Morgan fingerprint density at radius 1 is 0.976 bits per heavy atom. The second-order valence-electron chi connectivity index (χ2n) is 11.7. The molecule has 1 amide bonds. The van der Waals surface area contributed by atoms with E-state index in [1.54, 1.807) is 0 Å². The average molecular weight is 615 g/mol. The molecular formula is C28H31Cl2F3N4O4. The predicted molar refractivity (Wildman–Crippen MR) is 144 cm³/mol. The van der Waals surface area contributed by atoms with E-state index < -0.39 is 53.6 Å². The lowest BCUT2D eigenvalue weighted by atomic mass is 9.79. The second kappa shape index (κ2) is 11.6. The number of alkyl halides is 3. The van der Waals surface area contributed by atoms with E-state index in [1.807, 2.05) is 0 Å². The molecule has 1 spiro atoms. The summed E-state index contributed by atoms with van der Waals surface area (Å²) in [4.78, 5) is 43.5. The zero-order chi connectivity index (χ0) is 29.5. The molecule has 3 aliphatic rings. The first-order chi connectivity index (χ1) is 19.4. The topological polar surface area (TPSA) is 105 Å². The van der Waals surface area contributed by atoms with Gasteiger partial charge in [-0.25, -0.2) is 0 Å². The van der Waals surface area contributed by atoms with Crippen LogP contribution in [0, 0.1) is 17.3 Å². The van der Waals surface area contributed by atoms with Crippen molar-refractivity contribution < 1.29 is 32.7 Å². The first-order valence-electron chi connectivity index (χ1n) is 13.9. The molecule has 0 aromatic carbocycles. The number of aromatic nitrogens is 3. The largest absolute Gasteiger partial charge is 0.481 e. The number of carbonyl (C=O) groups excluding carboxylic acids is 2. The summed E-state index contributed by atoms with van der Waals surface area (Å²) in [6, 6.07) is -0.693. The lowest BCUT2D eigenvalue weighted by molar-refractivity contribution is -0.147. The Kier molecular flexibility index (Phi) is 8.40. The highest BCUT2D eigenvalue weighted by Crippen LogP contribution is 2.57. The van der Waals surface area contributed by atoms with Crippen molar-refractivity contribution in [2.24, 2.45) is 17.3 Å². The maximum absolute atomic E-state index is 14.5. The van der Waals surface area contributed by atoms with Crippen molar-refractivity contribution in [2.45, 2.75) is 76.4 Å². The third-order valence-electron chi connectivity index (χ3n) is 9.04. The number of rotatable bonds is 8. The first-order valence-corrected chi connectivity index (χ1v) is 14.6. The second-order valence-corrected chi connectivity index (χ2v) is 12.5. The van der Waals surface area contributed by atoms with Gasteiger partial charge in [0.05, 0.1) is 45.9 Å². The zero-order valence-corrected chi connectivity index (χ0v) is 23.8. The number of Topliss-reactive ketones (excluding diaryl/α,β-unsaturated/α-hetero) is 1. The molecule has 2 aromatic rings. The Morgan fingerprint density at radius 3 is 2.12 bits per heavy atom. The van der Waals surface area contributed by atoms with Crippen LogP contribution in [0.25, 0.3) is 0 Å². The van der Waals surface area contributed by atoms with Gasteiger partial charge in [0.1, 0.15) is 0 Å².